The molecule has 0 heterocycles. The Kier molecular flexibility index (Phi) is 4.28. The minimum absolute atomic E-state index is 0.446. The fraction of sp³-hybridized carbons (Fsp3) is 0.333. The van der Waals surface area contributed by atoms with Crippen LogP contribution in [0.5, 0.6) is 0 Å². The van der Waals surface area contributed by atoms with Crippen LogP contribution in [0.1, 0.15) is 19.4 Å². The number of carbonyl (C=O) groups is 2. The zero-order chi connectivity index (χ0) is 13.8. The summed E-state index contributed by atoms with van der Waals surface area (Å²) in [6.07, 6.45) is 0. The topological polar surface area (TPSA) is 110 Å². The van der Waals surface area contributed by atoms with Crippen molar-refractivity contribution in [1.29, 1.82) is 0 Å². The molecule has 0 atom stereocenters. The summed E-state index contributed by atoms with van der Waals surface area (Å²) in [5.74, 6) is -0.601. The Labute approximate surface area is 106 Å². The lowest BCUT2D eigenvalue weighted by Crippen LogP contribution is -2.54. The molecule has 98 valence electrons. The minimum Gasteiger partial charge on any atom is -0.368 e. The van der Waals surface area contributed by atoms with E-state index in [1.54, 1.807) is 12.1 Å². The molecule has 1 aromatic rings. The first kappa shape index (κ1) is 14.0. The predicted octanol–water partition coefficient (Wildman–Crippen LogP) is 0.531. The summed E-state index contributed by atoms with van der Waals surface area (Å²) in [5, 5.41) is 5.09. The van der Waals surface area contributed by atoms with Crippen molar-refractivity contribution in [2.75, 3.05) is 5.32 Å². The van der Waals surface area contributed by atoms with E-state index in [9.17, 15) is 9.59 Å². The van der Waals surface area contributed by atoms with Crippen LogP contribution in [-0.2, 0) is 11.3 Å². The van der Waals surface area contributed by atoms with Crippen LogP contribution < -0.4 is 22.1 Å². The quantitative estimate of drug-likeness (QED) is 0.625. The van der Waals surface area contributed by atoms with Gasteiger partial charge in [0.25, 0.3) is 0 Å². The Morgan fingerprint density at radius 2 is 1.78 bits per heavy atom. The lowest BCUT2D eigenvalue weighted by atomic mass is 10.1. The Morgan fingerprint density at radius 3 is 2.22 bits per heavy atom. The van der Waals surface area contributed by atoms with E-state index >= 15 is 0 Å². The molecule has 6 heteroatoms. The molecule has 1 rings (SSSR count). The summed E-state index contributed by atoms with van der Waals surface area (Å²) in [4.78, 5) is 22.7. The van der Waals surface area contributed by atoms with Crippen LogP contribution in [0.4, 0.5) is 10.5 Å². The molecule has 0 aliphatic heterocycles. The number of urea groups is 1. The zero-order valence-corrected chi connectivity index (χ0v) is 10.5. The predicted molar refractivity (Wildman–Crippen MR) is 69.8 cm³/mol. The number of hydrogen-bond donors (Lipinski definition) is 4. The van der Waals surface area contributed by atoms with E-state index in [-0.39, 0.29) is 0 Å². The summed E-state index contributed by atoms with van der Waals surface area (Å²) >= 11 is 0. The van der Waals surface area contributed by atoms with Crippen molar-refractivity contribution in [3.8, 4) is 0 Å². The van der Waals surface area contributed by atoms with Gasteiger partial charge in [0.1, 0.15) is 5.54 Å². The minimum atomic E-state index is -1.10. The van der Waals surface area contributed by atoms with Crippen molar-refractivity contribution in [3.05, 3.63) is 29.8 Å². The van der Waals surface area contributed by atoms with E-state index in [4.69, 9.17) is 11.5 Å². The normalized spacial score (nSPS) is 10.8. The van der Waals surface area contributed by atoms with Gasteiger partial charge in [0.2, 0.25) is 5.91 Å². The van der Waals surface area contributed by atoms with Gasteiger partial charge in [-0.2, -0.15) is 0 Å². The SMILES string of the molecule is CC(C)(NC(=O)Nc1ccc(CN)cc1)C(N)=O. The van der Waals surface area contributed by atoms with Crippen LogP contribution in [-0.4, -0.2) is 17.5 Å². The molecule has 6 nitrogen and oxygen atoms in total. The van der Waals surface area contributed by atoms with E-state index in [0.29, 0.717) is 12.2 Å². The molecule has 18 heavy (non-hydrogen) atoms. The monoisotopic (exact) mass is 250 g/mol. The van der Waals surface area contributed by atoms with E-state index in [0.717, 1.165) is 5.56 Å². The molecule has 0 unspecified atom stereocenters. The molecule has 0 saturated heterocycles. The van der Waals surface area contributed by atoms with Crippen molar-refractivity contribution in [3.63, 3.8) is 0 Å². The second kappa shape index (κ2) is 5.50. The maximum Gasteiger partial charge on any atom is 0.320 e. The maximum atomic E-state index is 11.6. The highest BCUT2D eigenvalue weighted by Gasteiger charge is 2.26. The number of hydrogen-bond acceptors (Lipinski definition) is 3. The van der Waals surface area contributed by atoms with Gasteiger partial charge in [-0.05, 0) is 31.5 Å². The third-order valence-corrected chi connectivity index (χ3v) is 2.49. The Balaban J connectivity index is 2.62. The van der Waals surface area contributed by atoms with Gasteiger partial charge in [0.15, 0.2) is 0 Å². The molecule has 0 fully saturated rings. The van der Waals surface area contributed by atoms with Crippen molar-refractivity contribution in [2.45, 2.75) is 25.9 Å². The molecule has 1 aromatic carbocycles. The molecular weight excluding hydrogens is 232 g/mol. The highest BCUT2D eigenvalue weighted by Crippen LogP contribution is 2.09. The number of amides is 3. The number of carbonyl (C=O) groups excluding carboxylic acids is 2. The van der Waals surface area contributed by atoms with E-state index < -0.39 is 17.5 Å². The summed E-state index contributed by atoms with van der Waals surface area (Å²) in [6.45, 7) is 3.51. The highest BCUT2D eigenvalue weighted by molar-refractivity contribution is 5.94. The van der Waals surface area contributed by atoms with Crippen LogP contribution >= 0.6 is 0 Å². The standard InChI is InChI=1S/C12H18N4O2/c1-12(2,10(14)17)16-11(18)15-9-5-3-8(7-13)4-6-9/h3-6H,7,13H2,1-2H3,(H2,14,17)(H2,15,16,18). The average Bonchev–Trinajstić information content (AvgIpc) is 2.29. The largest absolute Gasteiger partial charge is 0.368 e. The third kappa shape index (κ3) is 3.74. The number of primary amides is 1. The summed E-state index contributed by atoms with van der Waals surface area (Å²) < 4.78 is 0. The Hall–Kier alpha value is -2.08. The Bertz CT molecular complexity index is 440. The van der Waals surface area contributed by atoms with Gasteiger partial charge in [-0.25, -0.2) is 4.79 Å². The highest BCUT2D eigenvalue weighted by atomic mass is 16.2. The molecular formula is C12H18N4O2. The molecule has 0 bridgehead atoms. The van der Waals surface area contributed by atoms with Crippen LogP contribution in [0.25, 0.3) is 0 Å². The number of nitrogens with one attached hydrogen (secondary N) is 2. The second-order valence-electron chi connectivity index (χ2n) is 4.47. The molecule has 0 spiro atoms. The fourth-order valence-corrected chi connectivity index (χ4v) is 1.23. The number of benzene rings is 1. The lowest BCUT2D eigenvalue weighted by Gasteiger charge is -2.22. The van der Waals surface area contributed by atoms with Gasteiger partial charge in [0.05, 0.1) is 0 Å². The first-order valence-corrected chi connectivity index (χ1v) is 5.53. The van der Waals surface area contributed by atoms with Gasteiger partial charge in [0, 0.05) is 12.2 Å². The summed E-state index contributed by atoms with van der Waals surface area (Å²) in [7, 11) is 0. The smallest absolute Gasteiger partial charge is 0.320 e. The molecule has 3 amide bonds. The van der Waals surface area contributed by atoms with Crippen LogP contribution in [0, 0.1) is 0 Å². The van der Waals surface area contributed by atoms with Gasteiger partial charge in [-0.3, -0.25) is 4.79 Å². The van der Waals surface area contributed by atoms with Gasteiger partial charge >= 0.3 is 6.03 Å². The molecule has 0 saturated carbocycles. The van der Waals surface area contributed by atoms with E-state index in [1.807, 2.05) is 12.1 Å². The number of nitrogens with two attached hydrogens (primary N) is 2. The van der Waals surface area contributed by atoms with Crippen LogP contribution in [0.3, 0.4) is 0 Å². The second-order valence-corrected chi connectivity index (χ2v) is 4.47. The van der Waals surface area contributed by atoms with Crippen molar-refractivity contribution in [2.24, 2.45) is 11.5 Å². The van der Waals surface area contributed by atoms with Gasteiger partial charge < -0.3 is 22.1 Å². The average molecular weight is 250 g/mol. The van der Waals surface area contributed by atoms with Gasteiger partial charge in [-0.1, -0.05) is 12.1 Å². The zero-order valence-electron chi connectivity index (χ0n) is 10.5. The van der Waals surface area contributed by atoms with Crippen molar-refractivity contribution in [1.82, 2.24) is 5.32 Å². The molecule has 0 aromatic heterocycles. The van der Waals surface area contributed by atoms with E-state index in [1.165, 1.54) is 13.8 Å². The van der Waals surface area contributed by atoms with Crippen molar-refractivity contribution >= 4 is 17.6 Å². The molecule has 6 N–H and O–H groups in total. The van der Waals surface area contributed by atoms with E-state index in [2.05, 4.69) is 10.6 Å². The lowest BCUT2D eigenvalue weighted by molar-refractivity contribution is -0.122. The van der Waals surface area contributed by atoms with Crippen molar-refractivity contribution < 1.29 is 9.59 Å². The first-order valence-electron chi connectivity index (χ1n) is 5.53. The first-order chi connectivity index (χ1) is 8.35. The Morgan fingerprint density at radius 1 is 1.22 bits per heavy atom. The molecule has 0 radical (unpaired) electrons. The number of anilines is 1. The molecule has 0 aliphatic rings. The van der Waals surface area contributed by atoms with Crippen LogP contribution in [0.2, 0.25) is 0 Å². The fourth-order valence-electron chi connectivity index (χ4n) is 1.23. The summed E-state index contributed by atoms with van der Waals surface area (Å²) in [6, 6.07) is 6.61. The summed E-state index contributed by atoms with van der Waals surface area (Å²) in [5.41, 5.74) is 11.1. The molecule has 0 aliphatic carbocycles. The van der Waals surface area contributed by atoms with Crippen LogP contribution in [0.15, 0.2) is 24.3 Å². The van der Waals surface area contributed by atoms with Gasteiger partial charge in [-0.15, -0.1) is 0 Å². The maximum absolute atomic E-state index is 11.6. The number of rotatable bonds is 4. The third-order valence-electron chi connectivity index (χ3n) is 2.49.